The molecule has 4 N–H and O–H groups in total. The van der Waals surface area contributed by atoms with E-state index >= 15 is 0 Å². The largest absolute Gasteiger partial charge is 0.465 e. The third-order valence-electron chi connectivity index (χ3n) is 3.45. The molecule has 0 spiro atoms. The number of primary amides is 1. The number of hydrogen-bond donors (Lipinski definition) is 3. The van der Waals surface area contributed by atoms with Gasteiger partial charge < -0.3 is 16.2 Å². The average molecular weight is 346 g/mol. The lowest BCUT2D eigenvalue weighted by Gasteiger charge is -2.04. The number of amides is 2. The summed E-state index contributed by atoms with van der Waals surface area (Å²) in [6.07, 6.45) is 2.42. The molecule has 0 fully saturated rings. The van der Waals surface area contributed by atoms with E-state index in [2.05, 4.69) is 20.4 Å². The molecule has 0 saturated heterocycles. The van der Waals surface area contributed by atoms with Gasteiger partial charge in [-0.3, -0.25) is 9.48 Å². The standard InChI is InChI=1S/C14H14N6O3S/c1-24-13-17-6-7-2-3-8-10(9(7)18-13)19-20(11(8)12(15)21)5-4-16-14(22)23/h2-3,6,16H,4-5H2,1H3,(H2,15,21)(H,22,23). The molecular weight excluding hydrogens is 332 g/mol. The zero-order valence-electron chi connectivity index (χ0n) is 12.7. The fourth-order valence-electron chi connectivity index (χ4n) is 2.46. The van der Waals surface area contributed by atoms with Crippen molar-refractivity contribution in [3.05, 3.63) is 24.0 Å². The highest BCUT2D eigenvalue weighted by Gasteiger charge is 2.18. The van der Waals surface area contributed by atoms with E-state index in [9.17, 15) is 9.59 Å². The highest BCUT2D eigenvalue weighted by Crippen LogP contribution is 2.26. The van der Waals surface area contributed by atoms with Gasteiger partial charge in [0.25, 0.3) is 5.91 Å². The van der Waals surface area contributed by atoms with Crippen LogP contribution in [-0.4, -0.2) is 49.7 Å². The fourth-order valence-corrected chi connectivity index (χ4v) is 2.80. The Morgan fingerprint density at radius 3 is 2.83 bits per heavy atom. The number of nitrogens with two attached hydrogens (primary N) is 1. The van der Waals surface area contributed by atoms with Gasteiger partial charge in [-0.2, -0.15) is 5.10 Å². The molecule has 10 heteroatoms. The van der Waals surface area contributed by atoms with Crippen molar-refractivity contribution in [2.24, 2.45) is 5.73 Å². The minimum absolute atomic E-state index is 0.104. The number of fused-ring (bicyclic) bond motifs is 3. The van der Waals surface area contributed by atoms with E-state index in [0.29, 0.717) is 21.6 Å². The number of carbonyl (C=O) groups excluding carboxylic acids is 1. The number of carbonyl (C=O) groups is 2. The summed E-state index contributed by atoms with van der Waals surface area (Å²) in [5.41, 5.74) is 6.87. The number of benzene rings is 1. The first-order valence-corrected chi connectivity index (χ1v) is 8.20. The van der Waals surface area contributed by atoms with Gasteiger partial charge in [-0.05, 0) is 12.3 Å². The van der Waals surface area contributed by atoms with Gasteiger partial charge in [0.05, 0.1) is 6.54 Å². The van der Waals surface area contributed by atoms with Crippen LogP contribution in [0, 0.1) is 0 Å². The van der Waals surface area contributed by atoms with Crippen LogP contribution in [0.4, 0.5) is 4.79 Å². The minimum Gasteiger partial charge on any atom is -0.465 e. The Kier molecular flexibility index (Phi) is 4.21. The van der Waals surface area contributed by atoms with E-state index in [-0.39, 0.29) is 18.8 Å². The van der Waals surface area contributed by atoms with Crippen molar-refractivity contribution in [1.82, 2.24) is 25.1 Å². The molecule has 0 radical (unpaired) electrons. The van der Waals surface area contributed by atoms with Crippen LogP contribution in [0.1, 0.15) is 10.5 Å². The number of aromatic nitrogens is 4. The number of thioether (sulfide) groups is 1. The van der Waals surface area contributed by atoms with Crippen LogP contribution in [0.25, 0.3) is 21.8 Å². The van der Waals surface area contributed by atoms with Crippen molar-refractivity contribution >= 4 is 45.6 Å². The maximum atomic E-state index is 11.8. The summed E-state index contributed by atoms with van der Waals surface area (Å²) in [7, 11) is 0. The number of nitrogens with one attached hydrogen (secondary N) is 1. The number of carboxylic acid groups (broad SMARTS) is 1. The van der Waals surface area contributed by atoms with E-state index in [1.807, 2.05) is 6.26 Å². The molecule has 3 aromatic rings. The topological polar surface area (TPSA) is 136 Å². The first kappa shape index (κ1) is 16.0. The van der Waals surface area contributed by atoms with Crippen LogP contribution in [0.15, 0.2) is 23.5 Å². The van der Waals surface area contributed by atoms with E-state index in [1.165, 1.54) is 16.4 Å². The fraction of sp³-hybridized carbons (Fsp3) is 0.214. The van der Waals surface area contributed by atoms with Gasteiger partial charge in [-0.1, -0.05) is 17.8 Å². The maximum absolute atomic E-state index is 11.8. The molecule has 0 atom stereocenters. The molecule has 1 aromatic carbocycles. The lowest BCUT2D eigenvalue weighted by Crippen LogP contribution is -2.27. The summed E-state index contributed by atoms with van der Waals surface area (Å²) < 4.78 is 1.41. The third kappa shape index (κ3) is 2.83. The van der Waals surface area contributed by atoms with Crippen LogP contribution < -0.4 is 11.1 Å². The molecule has 0 unspecified atom stereocenters. The summed E-state index contributed by atoms with van der Waals surface area (Å²) >= 11 is 1.40. The van der Waals surface area contributed by atoms with Gasteiger partial charge in [-0.15, -0.1) is 0 Å². The Balaban J connectivity index is 2.17. The van der Waals surface area contributed by atoms with Crippen molar-refractivity contribution in [2.75, 3.05) is 12.8 Å². The lowest BCUT2D eigenvalue weighted by molar-refractivity contribution is 0.0991. The molecular formula is C14H14N6O3S. The first-order valence-electron chi connectivity index (χ1n) is 6.98. The monoisotopic (exact) mass is 346 g/mol. The predicted octanol–water partition coefficient (Wildman–Crippen LogP) is 1.07. The van der Waals surface area contributed by atoms with Gasteiger partial charge in [0.1, 0.15) is 16.7 Å². The zero-order chi connectivity index (χ0) is 17.3. The maximum Gasteiger partial charge on any atom is 0.404 e. The predicted molar refractivity (Wildman–Crippen MR) is 89.2 cm³/mol. The van der Waals surface area contributed by atoms with E-state index in [4.69, 9.17) is 10.8 Å². The van der Waals surface area contributed by atoms with Gasteiger partial charge in [0, 0.05) is 23.5 Å². The molecule has 0 aliphatic rings. The summed E-state index contributed by atoms with van der Waals surface area (Å²) in [6, 6.07) is 3.55. The Bertz CT molecular complexity index is 954. The van der Waals surface area contributed by atoms with Crippen LogP contribution in [0.3, 0.4) is 0 Å². The van der Waals surface area contributed by atoms with Gasteiger partial charge >= 0.3 is 6.09 Å². The molecule has 0 aliphatic heterocycles. The second-order valence-electron chi connectivity index (χ2n) is 4.92. The molecule has 9 nitrogen and oxygen atoms in total. The summed E-state index contributed by atoms with van der Waals surface area (Å²) in [5, 5.41) is 17.3. The van der Waals surface area contributed by atoms with Crippen molar-refractivity contribution in [1.29, 1.82) is 0 Å². The number of nitrogens with zero attached hydrogens (tertiary/aromatic N) is 4. The lowest BCUT2D eigenvalue weighted by atomic mass is 10.1. The minimum atomic E-state index is -1.14. The van der Waals surface area contributed by atoms with E-state index in [1.54, 1.807) is 18.3 Å². The normalized spacial score (nSPS) is 11.0. The van der Waals surface area contributed by atoms with Crippen LogP contribution >= 0.6 is 11.8 Å². The SMILES string of the molecule is CSc1ncc2ccc3c(C(N)=O)n(CCNC(=O)O)nc3c2n1. The molecule has 0 bridgehead atoms. The van der Waals surface area contributed by atoms with E-state index < -0.39 is 12.0 Å². The average Bonchev–Trinajstić information content (AvgIpc) is 2.92. The molecule has 0 saturated carbocycles. The van der Waals surface area contributed by atoms with E-state index in [0.717, 1.165) is 5.39 Å². The highest BCUT2D eigenvalue weighted by molar-refractivity contribution is 7.98. The second kappa shape index (κ2) is 6.32. The third-order valence-corrected chi connectivity index (χ3v) is 4.02. The summed E-state index contributed by atoms with van der Waals surface area (Å²) in [4.78, 5) is 31.1. The molecule has 24 heavy (non-hydrogen) atoms. The molecule has 0 aliphatic carbocycles. The Hall–Kier alpha value is -2.88. The highest BCUT2D eigenvalue weighted by atomic mass is 32.2. The van der Waals surface area contributed by atoms with Crippen molar-refractivity contribution in [2.45, 2.75) is 11.7 Å². The van der Waals surface area contributed by atoms with Crippen LogP contribution in [-0.2, 0) is 6.54 Å². The summed E-state index contributed by atoms with van der Waals surface area (Å²) in [5.74, 6) is -0.633. The van der Waals surface area contributed by atoms with Gasteiger partial charge in [0.2, 0.25) is 0 Å². The Labute approximate surface area is 140 Å². The van der Waals surface area contributed by atoms with Gasteiger partial charge in [0.15, 0.2) is 5.16 Å². The van der Waals surface area contributed by atoms with Crippen LogP contribution in [0.2, 0.25) is 0 Å². The molecule has 124 valence electrons. The molecule has 2 aromatic heterocycles. The Morgan fingerprint density at radius 2 is 2.17 bits per heavy atom. The quantitative estimate of drug-likeness (QED) is 0.464. The first-order chi connectivity index (χ1) is 11.5. The molecule has 2 heterocycles. The Morgan fingerprint density at radius 1 is 1.38 bits per heavy atom. The zero-order valence-corrected chi connectivity index (χ0v) is 13.5. The summed E-state index contributed by atoms with van der Waals surface area (Å²) in [6.45, 7) is 0.286. The second-order valence-corrected chi connectivity index (χ2v) is 5.70. The van der Waals surface area contributed by atoms with Gasteiger partial charge in [-0.25, -0.2) is 14.8 Å². The number of rotatable bonds is 5. The van der Waals surface area contributed by atoms with Crippen molar-refractivity contribution in [3.8, 4) is 0 Å². The number of hydrogen-bond acceptors (Lipinski definition) is 6. The smallest absolute Gasteiger partial charge is 0.404 e. The van der Waals surface area contributed by atoms with Crippen molar-refractivity contribution in [3.63, 3.8) is 0 Å². The molecule has 3 rings (SSSR count). The van der Waals surface area contributed by atoms with Crippen LogP contribution in [0.5, 0.6) is 0 Å². The van der Waals surface area contributed by atoms with Crippen molar-refractivity contribution < 1.29 is 14.7 Å². The molecule has 2 amide bonds.